The largest absolute Gasteiger partial charge is 0.454 e. The van der Waals surface area contributed by atoms with E-state index in [9.17, 15) is 14.4 Å². The molecule has 0 spiro atoms. The SMILES string of the molecule is O=C(COC(=O)Cn1c(=O)oc2ccccc21)NC(c1ccccc1)c1ccccc1. The first-order valence-corrected chi connectivity index (χ1v) is 9.75. The highest BCUT2D eigenvalue weighted by Crippen LogP contribution is 2.21. The average Bonchev–Trinajstić information content (AvgIpc) is 3.12. The molecule has 7 nitrogen and oxygen atoms in total. The Kier molecular flexibility index (Phi) is 5.93. The van der Waals surface area contributed by atoms with Crippen LogP contribution in [-0.2, 0) is 20.9 Å². The van der Waals surface area contributed by atoms with Crippen molar-refractivity contribution in [1.29, 1.82) is 0 Å². The molecule has 1 heterocycles. The van der Waals surface area contributed by atoms with Crippen LogP contribution in [0.5, 0.6) is 0 Å². The molecule has 0 unspecified atom stereocenters. The van der Waals surface area contributed by atoms with Crippen molar-refractivity contribution in [3.63, 3.8) is 0 Å². The molecule has 0 saturated heterocycles. The third kappa shape index (κ3) is 4.72. The zero-order chi connectivity index (χ0) is 21.6. The number of aromatic nitrogens is 1. The number of carbonyl (C=O) groups excluding carboxylic acids is 2. The predicted molar refractivity (Wildman–Crippen MR) is 114 cm³/mol. The standard InChI is InChI=1S/C24H20N2O5/c27-21(25-23(17-9-3-1-4-10-17)18-11-5-2-6-12-18)16-30-22(28)15-26-19-13-7-8-14-20(19)31-24(26)29/h1-14,23H,15-16H2,(H,25,27). The zero-order valence-electron chi connectivity index (χ0n) is 16.6. The van der Waals surface area contributed by atoms with E-state index in [0.717, 1.165) is 11.1 Å². The first kappa shape index (κ1) is 20.2. The van der Waals surface area contributed by atoms with Gasteiger partial charge in [0, 0.05) is 0 Å². The molecule has 0 aliphatic rings. The average molecular weight is 416 g/mol. The normalized spacial score (nSPS) is 10.9. The van der Waals surface area contributed by atoms with E-state index in [0.29, 0.717) is 11.1 Å². The number of hydrogen-bond acceptors (Lipinski definition) is 5. The van der Waals surface area contributed by atoms with Crippen molar-refractivity contribution in [3.8, 4) is 0 Å². The number of carbonyl (C=O) groups is 2. The number of esters is 1. The Hall–Kier alpha value is -4.13. The van der Waals surface area contributed by atoms with Gasteiger partial charge in [-0.15, -0.1) is 0 Å². The molecule has 0 aliphatic heterocycles. The number of amides is 1. The molecule has 4 rings (SSSR count). The van der Waals surface area contributed by atoms with E-state index in [-0.39, 0.29) is 12.6 Å². The molecule has 0 atom stereocenters. The second kappa shape index (κ2) is 9.13. The fourth-order valence-corrected chi connectivity index (χ4v) is 3.34. The van der Waals surface area contributed by atoms with Crippen molar-refractivity contribution < 1.29 is 18.7 Å². The van der Waals surface area contributed by atoms with Gasteiger partial charge in [-0.2, -0.15) is 0 Å². The number of oxazole rings is 1. The summed E-state index contributed by atoms with van der Waals surface area (Å²) in [5.74, 6) is -1.81. The molecule has 4 aromatic rings. The van der Waals surface area contributed by atoms with E-state index in [2.05, 4.69) is 5.32 Å². The first-order chi connectivity index (χ1) is 15.1. The summed E-state index contributed by atoms with van der Waals surface area (Å²) in [7, 11) is 0. The van der Waals surface area contributed by atoms with Crippen LogP contribution in [0.1, 0.15) is 17.2 Å². The summed E-state index contributed by atoms with van der Waals surface area (Å²) in [5, 5.41) is 2.90. The number of fused-ring (bicyclic) bond motifs is 1. The molecule has 3 aromatic carbocycles. The lowest BCUT2D eigenvalue weighted by Gasteiger charge is -2.20. The molecular formula is C24H20N2O5. The number of hydrogen-bond donors (Lipinski definition) is 1. The Morgan fingerprint density at radius 3 is 2.10 bits per heavy atom. The molecule has 1 N–H and O–H groups in total. The highest BCUT2D eigenvalue weighted by Gasteiger charge is 2.18. The van der Waals surface area contributed by atoms with Gasteiger partial charge in [0.2, 0.25) is 0 Å². The van der Waals surface area contributed by atoms with Crippen LogP contribution in [0.15, 0.2) is 94.1 Å². The second-order valence-corrected chi connectivity index (χ2v) is 6.90. The molecule has 0 radical (unpaired) electrons. The first-order valence-electron chi connectivity index (χ1n) is 9.75. The summed E-state index contributed by atoms with van der Waals surface area (Å²) in [6, 6.07) is 25.4. The lowest BCUT2D eigenvalue weighted by molar-refractivity contribution is -0.149. The molecule has 0 bridgehead atoms. The fraction of sp³-hybridized carbons (Fsp3) is 0.125. The Morgan fingerprint density at radius 2 is 1.45 bits per heavy atom. The Labute approximate surface area is 177 Å². The molecular weight excluding hydrogens is 396 g/mol. The van der Waals surface area contributed by atoms with E-state index < -0.39 is 24.2 Å². The van der Waals surface area contributed by atoms with Gasteiger partial charge in [-0.05, 0) is 23.3 Å². The van der Waals surface area contributed by atoms with Crippen LogP contribution in [-0.4, -0.2) is 23.1 Å². The van der Waals surface area contributed by atoms with Crippen molar-refractivity contribution in [2.45, 2.75) is 12.6 Å². The van der Waals surface area contributed by atoms with Crippen molar-refractivity contribution in [1.82, 2.24) is 9.88 Å². The topological polar surface area (TPSA) is 90.5 Å². The molecule has 7 heteroatoms. The summed E-state index contributed by atoms with van der Waals surface area (Å²) in [6.07, 6.45) is 0. The van der Waals surface area contributed by atoms with Crippen LogP contribution >= 0.6 is 0 Å². The summed E-state index contributed by atoms with van der Waals surface area (Å²) in [4.78, 5) is 36.7. The van der Waals surface area contributed by atoms with Crippen LogP contribution in [0, 0.1) is 0 Å². The van der Waals surface area contributed by atoms with E-state index in [1.54, 1.807) is 24.3 Å². The minimum Gasteiger partial charge on any atom is -0.454 e. The minimum atomic E-state index is -0.709. The third-order valence-corrected chi connectivity index (χ3v) is 4.80. The van der Waals surface area contributed by atoms with Crippen molar-refractivity contribution in [3.05, 3.63) is 107 Å². The third-order valence-electron chi connectivity index (χ3n) is 4.80. The van der Waals surface area contributed by atoms with Crippen molar-refractivity contribution >= 4 is 23.0 Å². The van der Waals surface area contributed by atoms with Crippen LogP contribution in [0.25, 0.3) is 11.1 Å². The summed E-state index contributed by atoms with van der Waals surface area (Å²) in [5.41, 5.74) is 2.68. The van der Waals surface area contributed by atoms with Gasteiger partial charge in [-0.1, -0.05) is 72.8 Å². The molecule has 0 fully saturated rings. The van der Waals surface area contributed by atoms with Gasteiger partial charge < -0.3 is 14.5 Å². The quantitative estimate of drug-likeness (QED) is 0.468. The molecule has 156 valence electrons. The van der Waals surface area contributed by atoms with Crippen LogP contribution in [0.3, 0.4) is 0 Å². The van der Waals surface area contributed by atoms with Gasteiger partial charge in [0.25, 0.3) is 5.91 Å². The highest BCUT2D eigenvalue weighted by molar-refractivity contribution is 5.82. The molecule has 0 aliphatic carbocycles. The van der Waals surface area contributed by atoms with E-state index in [1.165, 1.54) is 4.57 Å². The number of nitrogens with one attached hydrogen (secondary N) is 1. The zero-order valence-corrected chi connectivity index (χ0v) is 16.6. The van der Waals surface area contributed by atoms with Gasteiger partial charge in [0.1, 0.15) is 6.54 Å². The number of benzene rings is 3. The number of rotatable bonds is 7. The maximum Gasteiger partial charge on any atom is 0.420 e. The lowest BCUT2D eigenvalue weighted by atomic mass is 9.99. The van der Waals surface area contributed by atoms with Gasteiger partial charge in [-0.25, -0.2) is 4.79 Å². The summed E-state index contributed by atoms with van der Waals surface area (Å²) >= 11 is 0. The van der Waals surface area contributed by atoms with Crippen molar-refractivity contribution in [2.75, 3.05) is 6.61 Å². The Bertz CT molecular complexity index is 1210. The van der Waals surface area contributed by atoms with Gasteiger partial charge in [-0.3, -0.25) is 14.2 Å². The predicted octanol–water partition coefficient (Wildman–Crippen LogP) is 3.04. The van der Waals surface area contributed by atoms with Gasteiger partial charge in [0.05, 0.1) is 11.6 Å². The van der Waals surface area contributed by atoms with Crippen molar-refractivity contribution in [2.24, 2.45) is 0 Å². The van der Waals surface area contributed by atoms with Gasteiger partial charge in [0.15, 0.2) is 12.2 Å². The lowest BCUT2D eigenvalue weighted by Crippen LogP contribution is -2.33. The summed E-state index contributed by atoms with van der Waals surface area (Å²) < 4.78 is 11.4. The van der Waals surface area contributed by atoms with E-state index >= 15 is 0 Å². The number of nitrogens with zero attached hydrogens (tertiary/aromatic N) is 1. The summed E-state index contributed by atoms with van der Waals surface area (Å²) in [6.45, 7) is -0.802. The minimum absolute atomic E-state index is 0.343. The Balaban J connectivity index is 1.41. The fourth-order valence-electron chi connectivity index (χ4n) is 3.34. The number of para-hydroxylation sites is 2. The molecule has 1 amide bonds. The molecule has 0 saturated carbocycles. The van der Waals surface area contributed by atoms with Crippen LogP contribution in [0.4, 0.5) is 0 Å². The smallest absolute Gasteiger partial charge is 0.420 e. The van der Waals surface area contributed by atoms with Gasteiger partial charge >= 0.3 is 11.7 Å². The van der Waals surface area contributed by atoms with Crippen LogP contribution in [0.2, 0.25) is 0 Å². The monoisotopic (exact) mass is 416 g/mol. The second-order valence-electron chi connectivity index (χ2n) is 6.90. The van der Waals surface area contributed by atoms with Crippen LogP contribution < -0.4 is 11.1 Å². The number of ether oxygens (including phenoxy) is 1. The van der Waals surface area contributed by atoms with E-state index in [4.69, 9.17) is 9.15 Å². The maximum atomic E-state index is 12.5. The molecule has 31 heavy (non-hydrogen) atoms. The maximum absolute atomic E-state index is 12.5. The Morgan fingerprint density at radius 1 is 0.871 bits per heavy atom. The molecule has 1 aromatic heterocycles. The van der Waals surface area contributed by atoms with E-state index in [1.807, 2.05) is 60.7 Å². The highest BCUT2D eigenvalue weighted by atomic mass is 16.5.